The second kappa shape index (κ2) is 4.86. The van der Waals surface area contributed by atoms with Crippen molar-refractivity contribution in [2.45, 2.75) is 50.6 Å². The van der Waals surface area contributed by atoms with Crippen molar-refractivity contribution in [1.82, 2.24) is 5.32 Å². The third-order valence-electron chi connectivity index (χ3n) is 4.60. The Morgan fingerprint density at radius 1 is 1.42 bits per heavy atom. The molecule has 1 saturated heterocycles. The minimum atomic E-state index is 0.396. The number of nitrogens with zero attached hydrogens (tertiary/aromatic N) is 1. The van der Waals surface area contributed by atoms with Crippen LogP contribution in [-0.2, 0) is 0 Å². The number of benzene rings is 1. The molecule has 0 aromatic heterocycles. The SMILES string of the molecule is Cc1ccc(NC2CCNC3(CCC3)C2)c(C#N)c1. The van der Waals surface area contributed by atoms with E-state index in [1.54, 1.807) is 0 Å². The normalized spacial score (nSPS) is 24.5. The molecule has 1 aliphatic carbocycles. The van der Waals surface area contributed by atoms with E-state index in [0.29, 0.717) is 11.6 Å². The Bertz CT molecular complexity index is 511. The van der Waals surface area contributed by atoms with Crippen molar-refractivity contribution in [3.05, 3.63) is 29.3 Å². The highest BCUT2D eigenvalue weighted by Gasteiger charge is 2.40. The topological polar surface area (TPSA) is 47.8 Å². The molecule has 3 rings (SSSR count). The molecule has 1 heterocycles. The molecule has 1 spiro atoms. The molecule has 1 unspecified atom stereocenters. The van der Waals surface area contributed by atoms with Gasteiger partial charge in [0.05, 0.1) is 11.3 Å². The third-order valence-corrected chi connectivity index (χ3v) is 4.60. The second-order valence-electron chi connectivity index (χ2n) is 6.06. The van der Waals surface area contributed by atoms with Gasteiger partial charge in [0.25, 0.3) is 0 Å². The Kier molecular flexibility index (Phi) is 3.20. The van der Waals surface area contributed by atoms with Crippen LogP contribution in [-0.4, -0.2) is 18.1 Å². The quantitative estimate of drug-likeness (QED) is 0.854. The lowest BCUT2D eigenvalue weighted by Gasteiger charge is -2.48. The van der Waals surface area contributed by atoms with Gasteiger partial charge in [-0.1, -0.05) is 6.07 Å². The summed E-state index contributed by atoms with van der Waals surface area (Å²) in [5.41, 5.74) is 3.30. The van der Waals surface area contributed by atoms with Crippen molar-refractivity contribution in [3.63, 3.8) is 0 Å². The van der Waals surface area contributed by atoms with E-state index in [1.165, 1.54) is 25.7 Å². The first-order valence-corrected chi connectivity index (χ1v) is 7.23. The fourth-order valence-corrected chi connectivity index (χ4v) is 3.36. The highest BCUT2D eigenvalue weighted by atomic mass is 15.0. The van der Waals surface area contributed by atoms with Crippen molar-refractivity contribution in [2.75, 3.05) is 11.9 Å². The summed E-state index contributed by atoms with van der Waals surface area (Å²) in [6.07, 6.45) is 6.30. The van der Waals surface area contributed by atoms with Crippen LogP contribution < -0.4 is 10.6 Å². The van der Waals surface area contributed by atoms with E-state index in [1.807, 2.05) is 19.1 Å². The largest absolute Gasteiger partial charge is 0.381 e. The van der Waals surface area contributed by atoms with Crippen molar-refractivity contribution in [2.24, 2.45) is 0 Å². The van der Waals surface area contributed by atoms with Crippen LogP contribution in [0.1, 0.15) is 43.2 Å². The van der Waals surface area contributed by atoms with Crippen molar-refractivity contribution in [1.29, 1.82) is 5.26 Å². The van der Waals surface area contributed by atoms with E-state index in [2.05, 4.69) is 22.8 Å². The molecule has 1 aliphatic heterocycles. The van der Waals surface area contributed by atoms with Crippen LogP contribution in [0.3, 0.4) is 0 Å². The fraction of sp³-hybridized carbons (Fsp3) is 0.562. The molecular weight excluding hydrogens is 234 g/mol. The minimum Gasteiger partial charge on any atom is -0.381 e. The molecule has 1 atom stereocenters. The molecule has 0 amide bonds. The van der Waals surface area contributed by atoms with Gasteiger partial charge >= 0.3 is 0 Å². The molecular formula is C16H21N3. The highest BCUT2D eigenvalue weighted by molar-refractivity contribution is 5.59. The summed E-state index contributed by atoms with van der Waals surface area (Å²) in [6, 6.07) is 8.87. The van der Waals surface area contributed by atoms with E-state index >= 15 is 0 Å². The maximum absolute atomic E-state index is 9.23. The van der Waals surface area contributed by atoms with Crippen LogP contribution in [0.4, 0.5) is 5.69 Å². The van der Waals surface area contributed by atoms with Gasteiger partial charge in [-0.25, -0.2) is 0 Å². The average Bonchev–Trinajstić information content (AvgIpc) is 2.39. The molecule has 0 bridgehead atoms. The van der Waals surface area contributed by atoms with E-state index in [4.69, 9.17) is 0 Å². The maximum Gasteiger partial charge on any atom is 0.101 e. The monoisotopic (exact) mass is 255 g/mol. The lowest BCUT2D eigenvalue weighted by molar-refractivity contribution is 0.135. The number of hydrogen-bond acceptors (Lipinski definition) is 3. The second-order valence-corrected chi connectivity index (χ2v) is 6.06. The Balaban J connectivity index is 1.73. The number of rotatable bonds is 2. The Hall–Kier alpha value is -1.53. The first-order chi connectivity index (χ1) is 9.21. The molecule has 2 fully saturated rings. The van der Waals surface area contributed by atoms with Gasteiger partial charge in [-0.15, -0.1) is 0 Å². The Morgan fingerprint density at radius 3 is 2.95 bits per heavy atom. The molecule has 1 aromatic carbocycles. The van der Waals surface area contributed by atoms with Crippen molar-refractivity contribution in [3.8, 4) is 6.07 Å². The number of nitrogens with one attached hydrogen (secondary N) is 2. The van der Waals surface area contributed by atoms with E-state index < -0.39 is 0 Å². The summed E-state index contributed by atoms with van der Waals surface area (Å²) < 4.78 is 0. The summed E-state index contributed by atoms with van der Waals surface area (Å²) in [7, 11) is 0. The highest BCUT2D eigenvalue weighted by Crippen LogP contribution is 2.39. The van der Waals surface area contributed by atoms with Gasteiger partial charge in [0.2, 0.25) is 0 Å². The van der Waals surface area contributed by atoms with Crippen LogP contribution in [0, 0.1) is 18.3 Å². The van der Waals surface area contributed by atoms with Crippen LogP contribution >= 0.6 is 0 Å². The predicted molar refractivity (Wildman–Crippen MR) is 77.1 cm³/mol. The van der Waals surface area contributed by atoms with E-state index in [9.17, 15) is 5.26 Å². The predicted octanol–water partition coefficient (Wildman–Crippen LogP) is 2.95. The lowest BCUT2D eigenvalue weighted by Crippen LogP contribution is -2.58. The Labute approximate surface area is 115 Å². The number of anilines is 1. The van der Waals surface area contributed by atoms with Crippen molar-refractivity contribution < 1.29 is 0 Å². The number of nitriles is 1. The Morgan fingerprint density at radius 2 is 2.26 bits per heavy atom. The van der Waals surface area contributed by atoms with Gasteiger partial charge in [0, 0.05) is 11.6 Å². The first-order valence-electron chi connectivity index (χ1n) is 7.23. The average molecular weight is 255 g/mol. The van der Waals surface area contributed by atoms with E-state index in [0.717, 1.165) is 29.8 Å². The number of hydrogen-bond donors (Lipinski definition) is 2. The molecule has 0 radical (unpaired) electrons. The van der Waals surface area contributed by atoms with Gasteiger partial charge in [-0.2, -0.15) is 5.26 Å². The molecule has 2 N–H and O–H groups in total. The summed E-state index contributed by atoms with van der Waals surface area (Å²) in [5.74, 6) is 0. The smallest absolute Gasteiger partial charge is 0.101 e. The zero-order valence-electron chi connectivity index (χ0n) is 11.5. The maximum atomic E-state index is 9.23. The van der Waals surface area contributed by atoms with Crippen molar-refractivity contribution >= 4 is 5.69 Å². The van der Waals surface area contributed by atoms with Gasteiger partial charge in [0.15, 0.2) is 0 Å². The summed E-state index contributed by atoms with van der Waals surface area (Å²) >= 11 is 0. The summed E-state index contributed by atoms with van der Waals surface area (Å²) in [4.78, 5) is 0. The minimum absolute atomic E-state index is 0.396. The van der Waals surface area contributed by atoms with Crippen LogP contribution in [0.25, 0.3) is 0 Å². The number of aryl methyl sites for hydroxylation is 1. The molecule has 1 saturated carbocycles. The van der Waals surface area contributed by atoms with Crippen LogP contribution in [0.2, 0.25) is 0 Å². The number of piperidine rings is 1. The summed E-state index contributed by atoms with van der Waals surface area (Å²) in [5, 5.41) is 16.5. The van der Waals surface area contributed by atoms with Gasteiger partial charge < -0.3 is 10.6 Å². The van der Waals surface area contributed by atoms with Gasteiger partial charge in [0.1, 0.15) is 6.07 Å². The first kappa shape index (κ1) is 12.5. The molecule has 3 heteroatoms. The van der Waals surface area contributed by atoms with Crippen LogP contribution in [0.15, 0.2) is 18.2 Å². The van der Waals surface area contributed by atoms with E-state index in [-0.39, 0.29) is 0 Å². The molecule has 100 valence electrons. The molecule has 2 aliphatic rings. The van der Waals surface area contributed by atoms with Gasteiger partial charge in [-0.05, 0) is 63.3 Å². The lowest BCUT2D eigenvalue weighted by atomic mass is 9.70. The standard InChI is InChI=1S/C16H21N3/c1-12-3-4-15(13(9-12)11-17)19-14-5-8-18-16(10-14)6-2-7-16/h3-4,9,14,18-19H,2,5-8,10H2,1H3. The fourth-order valence-electron chi connectivity index (χ4n) is 3.36. The molecule has 1 aromatic rings. The van der Waals surface area contributed by atoms with Crippen LogP contribution in [0.5, 0.6) is 0 Å². The summed E-state index contributed by atoms with van der Waals surface area (Å²) in [6.45, 7) is 3.12. The van der Waals surface area contributed by atoms with Gasteiger partial charge in [-0.3, -0.25) is 0 Å². The molecule has 19 heavy (non-hydrogen) atoms. The zero-order chi connectivity index (χ0) is 13.3. The molecule has 3 nitrogen and oxygen atoms in total. The zero-order valence-corrected chi connectivity index (χ0v) is 11.5. The third kappa shape index (κ3) is 2.46.